The predicted molar refractivity (Wildman–Crippen MR) is 119 cm³/mol. The van der Waals surface area contributed by atoms with Crippen molar-refractivity contribution in [3.8, 4) is 0 Å². The molecule has 0 radical (unpaired) electrons. The minimum Gasteiger partial charge on any atom is -0.365 e. The fourth-order valence-corrected chi connectivity index (χ4v) is 5.48. The monoisotopic (exact) mass is 449 g/mol. The van der Waals surface area contributed by atoms with Crippen molar-refractivity contribution in [1.29, 1.82) is 0 Å². The van der Waals surface area contributed by atoms with Crippen molar-refractivity contribution in [3.05, 3.63) is 77.0 Å². The number of piperidine rings is 1. The quantitative estimate of drug-likeness (QED) is 0.653. The lowest BCUT2D eigenvalue weighted by atomic mass is 9.75. The van der Waals surface area contributed by atoms with Crippen LogP contribution in [0.2, 0.25) is 0 Å². The van der Waals surface area contributed by atoms with Crippen LogP contribution in [0, 0.1) is 17.6 Å². The standard InChI is InChI=1S/C26H25F2N3O2/c27-22-11-18-15-33-26(20(18)12-23(22)28)8-10-29-13-21(26)25(32)31(19-6-7-19)14-17-4-1-3-16-5-2-9-30-24(16)17/h1-5,9,11-12,19,21,29H,6-8,10,13-15H2. The molecule has 1 saturated carbocycles. The Kier molecular flexibility index (Phi) is 4.92. The van der Waals surface area contributed by atoms with Gasteiger partial charge in [0.1, 0.15) is 5.60 Å². The molecule has 5 nitrogen and oxygen atoms in total. The first-order valence-electron chi connectivity index (χ1n) is 11.5. The average molecular weight is 450 g/mol. The van der Waals surface area contributed by atoms with Crippen LogP contribution in [0.4, 0.5) is 8.78 Å². The van der Waals surface area contributed by atoms with Gasteiger partial charge in [0.15, 0.2) is 11.6 Å². The Hall–Kier alpha value is -2.90. The number of para-hydroxylation sites is 1. The number of ether oxygens (including phenoxy) is 1. The molecular formula is C26H25F2N3O2. The van der Waals surface area contributed by atoms with Gasteiger partial charge in [0.25, 0.3) is 0 Å². The van der Waals surface area contributed by atoms with E-state index in [1.807, 2.05) is 35.2 Å². The third-order valence-corrected chi connectivity index (χ3v) is 7.30. The molecule has 33 heavy (non-hydrogen) atoms. The number of nitrogens with one attached hydrogen (secondary N) is 1. The average Bonchev–Trinajstić information content (AvgIpc) is 3.63. The van der Waals surface area contributed by atoms with E-state index in [2.05, 4.69) is 10.3 Å². The van der Waals surface area contributed by atoms with E-state index in [-0.39, 0.29) is 18.6 Å². The summed E-state index contributed by atoms with van der Waals surface area (Å²) in [5, 5.41) is 4.37. The molecule has 1 amide bonds. The second-order valence-corrected chi connectivity index (χ2v) is 9.30. The van der Waals surface area contributed by atoms with E-state index in [9.17, 15) is 13.6 Å². The molecule has 3 aliphatic rings. The Morgan fingerprint density at radius 2 is 2.00 bits per heavy atom. The summed E-state index contributed by atoms with van der Waals surface area (Å²) in [5.74, 6) is -2.30. The minimum atomic E-state index is -0.934. The van der Waals surface area contributed by atoms with Gasteiger partial charge in [-0.25, -0.2) is 8.78 Å². The number of halogens is 2. The third-order valence-electron chi connectivity index (χ3n) is 7.30. The van der Waals surface area contributed by atoms with Gasteiger partial charge < -0.3 is 15.0 Å². The molecular weight excluding hydrogens is 424 g/mol. The molecule has 2 fully saturated rings. The van der Waals surface area contributed by atoms with Crippen molar-refractivity contribution in [2.75, 3.05) is 13.1 Å². The molecule has 1 aromatic heterocycles. The van der Waals surface area contributed by atoms with Crippen LogP contribution in [-0.4, -0.2) is 34.9 Å². The van der Waals surface area contributed by atoms with Gasteiger partial charge in [-0.15, -0.1) is 0 Å². The molecule has 3 heterocycles. The summed E-state index contributed by atoms with van der Waals surface area (Å²) in [4.78, 5) is 20.6. The summed E-state index contributed by atoms with van der Waals surface area (Å²) >= 11 is 0. The van der Waals surface area contributed by atoms with E-state index >= 15 is 0 Å². The number of carbonyl (C=O) groups is 1. The largest absolute Gasteiger partial charge is 0.365 e. The van der Waals surface area contributed by atoms with E-state index in [0.29, 0.717) is 37.2 Å². The minimum absolute atomic E-state index is 0.00443. The number of benzene rings is 2. The number of fused-ring (bicyclic) bond motifs is 3. The summed E-state index contributed by atoms with van der Waals surface area (Å²) < 4.78 is 34.3. The van der Waals surface area contributed by atoms with Crippen molar-refractivity contribution in [2.24, 2.45) is 5.92 Å². The number of amides is 1. The number of nitrogens with zero attached hydrogens (tertiary/aromatic N) is 2. The number of hydrogen-bond acceptors (Lipinski definition) is 4. The van der Waals surface area contributed by atoms with E-state index in [1.54, 1.807) is 6.20 Å². The molecule has 1 aliphatic carbocycles. The summed E-state index contributed by atoms with van der Waals surface area (Å²) in [5.41, 5.74) is 2.21. The molecule has 7 heteroatoms. The number of pyridine rings is 1. The number of carbonyl (C=O) groups excluding carboxylic acids is 1. The van der Waals surface area contributed by atoms with Gasteiger partial charge in [-0.05, 0) is 60.7 Å². The molecule has 170 valence electrons. The first-order chi connectivity index (χ1) is 16.1. The second kappa shape index (κ2) is 7.85. The molecule has 6 rings (SSSR count). The molecule has 2 aromatic carbocycles. The van der Waals surface area contributed by atoms with Crippen molar-refractivity contribution < 1.29 is 18.3 Å². The molecule has 3 aromatic rings. The summed E-state index contributed by atoms with van der Waals surface area (Å²) in [6.45, 7) is 1.75. The van der Waals surface area contributed by atoms with Gasteiger partial charge in [-0.3, -0.25) is 9.78 Å². The first kappa shape index (κ1) is 20.7. The Morgan fingerprint density at radius 3 is 2.85 bits per heavy atom. The Labute approximate surface area is 190 Å². The maximum atomic E-state index is 14.2. The maximum Gasteiger partial charge on any atom is 0.230 e. The van der Waals surface area contributed by atoms with Crippen molar-refractivity contribution in [1.82, 2.24) is 15.2 Å². The highest BCUT2D eigenvalue weighted by Crippen LogP contribution is 2.48. The zero-order valence-corrected chi connectivity index (χ0v) is 18.2. The van der Waals surface area contributed by atoms with Crippen LogP contribution in [-0.2, 0) is 28.3 Å². The Bertz CT molecular complexity index is 1240. The van der Waals surface area contributed by atoms with E-state index in [0.717, 1.165) is 29.3 Å². The predicted octanol–water partition coefficient (Wildman–Crippen LogP) is 4.04. The smallest absolute Gasteiger partial charge is 0.230 e. The third kappa shape index (κ3) is 3.42. The van der Waals surface area contributed by atoms with Gasteiger partial charge in [-0.1, -0.05) is 24.3 Å². The summed E-state index contributed by atoms with van der Waals surface area (Å²) in [6, 6.07) is 12.6. The van der Waals surface area contributed by atoms with Crippen LogP contribution in [0.3, 0.4) is 0 Å². The van der Waals surface area contributed by atoms with Crippen LogP contribution in [0.1, 0.15) is 36.0 Å². The molecule has 0 bridgehead atoms. The Balaban J connectivity index is 1.37. The molecule has 2 atom stereocenters. The lowest BCUT2D eigenvalue weighted by molar-refractivity contribution is -0.157. The number of aromatic nitrogens is 1. The normalized spacial score (nSPS) is 24.2. The highest BCUT2D eigenvalue weighted by atomic mass is 19.2. The van der Waals surface area contributed by atoms with E-state index in [4.69, 9.17) is 4.74 Å². The zero-order valence-electron chi connectivity index (χ0n) is 18.2. The SMILES string of the molecule is O=C(C1CNCCC12OCc1cc(F)c(F)cc12)N(Cc1cccc2cccnc12)C1CC1. The van der Waals surface area contributed by atoms with Gasteiger partial charge in [0.2, 0.25) is 5.91 Å². The Morgan fingerprint density at radius 1 is 1.18 bits per heavy atom. The number of hydrogen-bond donors (Lipinski definition) is 1. The lowest BCUT2D eigenvalue weighted by Crippen LogP contribution is -2.55. The van der Waals surface area contributed by atoms with Gasteiger partial charge in [0.05, 0.1) is 18.0 Å². The van der Waals surface area contributed by atoms with Gasteiger partial charge >= 0.3 is 0 Å². The van der Waals surface area contributed by atoms with Gasteiger partial charge in [-0.2, -0.15) is 0 Å². The van der Waals surface area contributed by atoms with E-state index < -0.39 is 23.2 Å². The fraction of sp³-hybridized carbons (Fsp3) is 0.385. The maximum absolute atomic E-state index is 14.2. The van der Waals surface area contributed by atoms with Gasteiger partial charge in [0, 0.05) is 30.7 Å². The molecule has 1 saturated heterocycles. The second-order valence-electron chi connectivity index (χ2n) is 9.30. The highest BCUT2D eigenvalue weighted by molar-refractivity contribution is 5.84. The summed E-state index contributed by atoms with van der Waals surface area (Å²) in [6.07, 6.45) is 4.24. The molecule has 1 spiro atoms. The topological polar surface area (TPSA) is 54.5 Å². The molecule has 1 N–H and O–H groups in total. The molecule has 2 aliphatic heterocycles. The fourth-order valence-electron chi connectivity index (χ4n) is 5.48. The van der Waals surface area contributed by atoms with Crippen LogP contribution in [0.25, 0.3) is 10.9 Å². The van der Waals surface area contributed by atoms with E-state index in [1.165, 1.54) is 12.1 Å². The van der Waals surface area contributed by atoms with Crippen molar-refractivity contribution >= 4 is 16.8 Å². The molecule has 2 unspecified atom stereocenters. The van der Waals surface area contributed by atoms with Crippen LogP contribution in [0.5, 0.6) is 0 Å². The highest BCUT2D eigenvalue weighted by Gasteiger charge is 2.53. The van der Waals surface area contributed by atoms with Crippen LogP contribution >= 0.6 is 0 Å². The number of rotatable bonds is 4. The van der Waals surface area contributed by atoms with Crippen LogP contribution in [0.15, 0.2) is 48.7 Å². The van der Waals surface area contributed by atoms with Crippen molar-refractivity contribution in [2.45, 2.75) is 44.1 Å². The summed E-state index contributed by atoms with van der Waals surface area (Å²) in [7, 11) is 0. The zero-order chi connectivity index (χ0) is 22.6. The van der Waals surface area contributed by atoms with Crippen LogP contribution < -0.4 is 5.32 Å². The van der Waals surface area contributed by atoms with Crippen molar-refractivity contribution in [3.63, 3.8) is 0 Å². The lowest BCUT2D eigenvalue weighted by Gasteiger charge is -2.43. The first-order valence-corrected chi connectivity index (χ1v) is 11.5.